The number of ether oxygens (including phenoxy) is 1. The average Bonchev–Trinajstić information content (AvgIpc) is 3.48. The highest BCUT2D eigenvalue weighted by atomic mass is 32.2. The van der Waals surface area contributed by atoms with Gasteiger partial charge in [0.2, 0.25) is 5.91 Å². The number of benzene rings is 1. The number of likely N-dealkylation sites (tertiary alicyclic amines) is 1. The monoisotopic (exact) mass is 453 g/mol. The lowest BCUT2D eigenvalue weighted by Gasteiger charge is -2.14. The van der Waals surface area contributed by atoms with Crippen LogP contribution in [0.4, 0.5) is 0 Å². The molecule has 5 rings (SSSR count). The molecular weight excluding hydrogens is 434 g/mol. The normalized spacial score (nSPS) is 15.5. The van der Waals surface area contributed by atoms with Crippen LogP contribution < -0.4 is 0 Å². The van der Waals surface area contributed by atoms with Crippen molar-refractivity contribution in [3.8, 4) is 0 Å². The number of carbonyl (C=O) groups excluding carboxylic acids is 3. The Bertz CT molecular complexity index is 1210. The molecule has 0 N–H and O–H groups in total. The third-order valence-corrected chi connectivity index (χ3v) is 7.76. The van der Waals surface area contributed by atoms with Gasteiger partial charge >= 0.3 is 5.97 Å². The van der Waals surface area contributed by atoms with Gasteiger partial charge in [0.15, 0.2) is 6.61 Å². The van der Waals surface area contributed by atoms with Crippen molar-refractivity contribution in [3.63, 3.8) is 0 Å². The molecule has 0 saturated carbocycles. The summed E-state index contributed by atoms with van der Waals surface area (Å²) in [6.07, 6.45) is 5.82. The molecule has 1 aromatic carbocycles. The van der Waals surface area contributed by atoms with Gasteiger partial charge in [0, 0.05) is 28.1 Å². The minimum Gasteiger partial charge on any atom is -0.452 e. The Morgan fingerprint density at radius 2 is 2.00 bits per heavy atom. The van der Waals surface area contributed by atoms with Crippen molar-refractivity contribution in [3.05, 3.63) is 46.6 Å². The van der Waals surface area contributed by atoms with Crippen LogP contribution >= 0.6 is 23.1 Å². The Morgan fingerprint density at radius 3 is 2.84 bits per heavy atom. The van der Waals surface area contributed by atoms with E-state index in [9.17, 15) is 14.4 Å². The third kappa shape index (κ3) is 3.83. The molecule has 1 fully saturated rings. The molecular formula is C22H19N3O4S2. The second kappa shape index (κ2) is 8.39. The maximum atomic E-state index is 12.7. The van der Waals surface area contributed by atoms with Gasteiger partial charge < -0.3 is 4.74 Å². The van der Waals surface area contributed by atoms with Crippen LogP contribution in [0, 0.1) is 0 Å². The smallest absolute Gasteiger partial charge is 0.339 e. The Balaban J connectivity index is 1.36. The van der Waals surface area contributed by atoms with E-state index < -0.39 is 18.5 Å². The number of aryl methyl sites for hydroxylation is 2. The van der Waals surface area contributed by atoms with Crippen molar-refractivity contribution in [2.24, 2.45) is 0 Å². The molecule has 0 radical (unpaired) electrons. The minimum absolute atomic E-state index is 0.215. The van der Waals surface area contributed by atoms with E-state index in [1.165, 1.54) is 22.2 Å². The summed E-state index contributed by atoms with van der Waals surface area (Å²) in [7, 11) is 0. The van der Waals surface area contributed by atoms with Gasteiger partial charge in [0.1, 0.15) is 16.2 Å². The van der Waals surface area contributed by atoms with E-state index in [1.54, 1.807) is 29.8 Å². The van der Waals surface area contributed by atoms with E-state index >= 15 is 0 Å². The largest absolute Gasteiger partial charge is 0.452 e. The Hall–Kier alpha value is -2.78. The second-order valence-electron chi connectivity index (χ2n) is 7.43. The van der Waals surface area contributed by atoms with Crippen LogP contribution in [0.2, 0.25) is 0 Å². The molecule has 3 aromatic rings. The average molecular weight is 454 g/mol. The van der Waals surface area contributed by atoms with Crippen LogP contribution in [0.3, 0.4) is 0 Å². The predicted octanol–water partition coefficient (Wildman–Crippen LogP) is 3.64. The van der Waals surface area contributed by atoms with Crippen molar-refractivity contribution in [1.82, 2.24) is 14.9 Å². The van der Waals surface area contributed by atoms with E-state index in [2.05, 4.69) is 9.97 Å². The number of hydrogen-bond acceptors (Lipinski definition) is 8. The van der Waals surface area contributed by atoms with Gasteiger partial charge in [-0.15, -0.1) is 11.3 Å². The zero-order chi connectivity index (χ0) is 21.4. The van der Waals surface area contributed by atoms with Crippen LogP contribution in [0.25, 0.3) is 10.2 Å². The summed E-state index contributed by atoms with van der Waals surface area (Å²) in [6, 6.07) is 7.12. The summed E-state index contributed by atoms with van der Waals surface area (Å²) in [4.78, 5) is 49.8. The number of amides is 2. The second-order valence-corrected chi connectivity index (χ2v) is 9.55. The zero-order valence-corrected chi connectivity index (χ0v) is 18.3. The van der Waals surface area contributed by atoms with E-state index in [-0.39, 0.29) is 5.91 Å². The van der Waals surface area contributed by atoms with Gasteiger partial charge in [-0.1, -0.05) is 23.9 Å². The number of hydrogen-bond donors (Lipinski definition) is 0. The number of imide groups is 1. The molecule has 1 aliphatic carbocycles. The van der Waals surface area contributed by atoms with E-state index in [0.29, 0.717) is 29.8 Å². The SMILES string of the molecule is O=C(OCC(=O)N1CCCC1=O)c1ccccc1Sc1ncnc2sc3c(c12)CCC3. The summed E-state index contributed by atoms with van der Waals surface area (Å²) < 4.78 is 5.25. The fourth-order valence-corrected chi connectivity index (χ4v) is 6.33. The molecule has 0 atom stereocenters. The van der Waals surface area contributed by atoms with Gasteiger partial charge in [0.25, 0.3) is 5.91 Å². The number of esters is 1. The topological polar surface area (TPSA) is 89.5 Å². The maximum absolute atomic E-state index is 12.7. The van der Waals surface area contributed by atoms with Gasteiger partial charge in [-0.05, 0) is 43.4 Å². The van der Waals surface area contributed by atoms with Crippen LogP contribution in [0.15, 0.2) is 40.5 Å². The standard InChI is InChI=1S/C22H19N3O4S2/c26-17-9-4-10-25(17)18(27)11-29-22(28)14-5-1-2-7-16(14)31-21-19-13-6-3-8-15(13)30-20(19)23-12-24-21/h1-2,5,7,12H,3-4,6,8-11H2. The van der Waals surface area contributed by atoms with Crippen LogP contribution in [-0.2, 0) is 27.2 Å². The highest BCUT2D eigenvalue weighted by Crippen LogP contribution is 2.42. The lowest BCUT2D eigenvalue weighted by Crippen LogP contribution is -2.35. The minimum atomic E-state index is -0.594. The lowest BCUT2D eigenvalue weighted by molar-refractivity contribution is -0.143. The molecule has 2 aliphatic rings. The van der Waals surface area contributed by atoms with Crippen molar-refractivity contribution >= 4 is 51.1 Å². The molecule has 0 spiro atoms. The van der Waals surface area contributed by atoms with Crippen molar-refractivity contribution in [1.29, 1.82) is 0 Å². The van der Waals surface area contributed by atoms with E-state index in [4.69, 9.17) is 4.74 Å². The number of rotatable bonds is 5. The van der Waals surface area contributed by atoms with Crippen LogP contribution in [0.5, 0.6) is 0 Å². The van der Waals surface area contributed by atoms with E-state index in [0.717, 1.165) is 39.4 Å². The summed E-state index contributed by atoms with van der Waals surface area (Å²) in [6.45, 7) is -0.0598. The Kier molecular flexibility index (Phi) is 5.45. The molecule has 0 unspecified atom stereocenters. The highest BCUT2D eigenvalue weighted by molar-refractivity contribution is 7.99. The lowest BCUT2D eigenvalue weighted by atomic mass is 10.2. The first-order chi connectivity index (χ1) is 15.1. The Morgan fingerprint density at radius 1 is 1.13 bits per heavy atom. The number of thiophene rings is 1. The Labute approximate surface area is 186 Å². The number of aromatic nitrogens is 2. The summed E-state index contributed by atoms with van der Waals surface area (Å²) in [5.41, 5.74) is 1.69. The third-order valence-electron chi connectivity index (χ3n) is 5.48. The predicted molar refractivity (Wildman–Crippen MR) is 116 cm³/mol. The summed E-state index contributed by atoms with van der Waals surface area (Å²) >= 11 is 3.13. The molecule has 3 heterocycles. The van der Waals surface area contributed by atoms with Gasteiger partial charge in [-0.25, -0.2) is 14.8 Å². The first-order valence-corrected chi connectivity index (χ1v) is 11.8. The molecule has 158 valence electrons. The number of fused-ring (bicyclic) bond motifs is 3. The van der Waals surface area contributed by atoms with Crippen molar-refractivity contribution in [2.45, 2.75) is 42.0 Å². The van der Waals surface area contributed by atoms with Gasteiger partial charge in [-0.2, -0.15) is 0 Å². The number of carbonyl (C=O) groups is 3. The molecule has 0 bridgehead atoms. The highest BCUT2D eigenvalue weighted by Gasteiger charge is 2.28. The van der Waals surface area contributed by atoms with Crippen LogP contribution in [0.1, 0.15) is 40.1 Å². The first-order valence-electron chi connectivity index (χ1n) is 10.1. The maximum Gasteiger partial charge on any atom is 0.339 e. The zero-order valence-electron chi connectivity index (χ0n) is 16.6. The quantitative estimate of drug-likeness (QED) is 0.430. The molecule has 2 aromatic heterocycles. The molecule has 31 heavy (non-hydrogen) atoms. The van der Waals surface area contributed by atoms with Gasteiger partial charge in [-0.3, -0.25) is 14.5 Å². The summed E-state index contributed by atoms with van der Waals surface area (Å²) in [5, 5.41) is 1.90. The molecule has 2 amide bonds. The first kappa shape index (κ1) is 20.1. The fraction of sp³-hybridized carbons (Fsp3) is 0.318. The van der Waals surface area contributed by atoms with Crippen LogP contribution in [-0.4, -0.2) is 45.8 Å². The van der Waals surface area contributed by atoms with E-state index in [1.807, 2.05) is 12.1 Å². The molecule has 9 heteroatoms. The van der Waals surface area contributed by atoms with Crippen molar-refractivity contribution < 1.29 is 19.1 Å². The van der Waals surface area contributed by atoms with Gasteiger partial charge in [0.05, 0.1) is 5.56 Å². The summed E-state index contributed by atoms with van der Waals surface area (Å²) in [5.74, 6) is -1.29. The fourth-order valence-electron chi connectivity index (χ4n) is 4.00. The molecule has 7 nitrogen and oxygen atoms in total. The number of nitrogens with zero attached hydrogens (tertiary/aromatic N) is 3. The molecule has 1 aliphatic heterocycles. The van der Waals surface area contributed by atoms with Crippen molar-refractivity contribution in [2.75, 3.05) is 13.2 Å². The molecule has 1 saturated heterocycles.